The van der Waals surface area contributed by atoms with Gasteiger partial charge in [-0.15, -0.1) is 0 Å². The van der Waals surface area contributed by atoms with Gasteiger partial charge in [0.15, 0.2) is 0 Å². The van der Waals surface area contributed by atoms with E-state index in [1.54, 1.807) is 0 Å². The van der Waals surface area contributed by atoms with Crippen molar-refractivity contribution in [1.82, 2.24) is 0 Å². The van der Waals surface area contributed by atoms with E-state index in [9.17, 15) is 14.7 Å². The lowest BCUT2D eigenvalue weighted by Crippen LogP contribution is -2.43. The van der Waals surface area contributed by atoms with Gasteiger partial charge in [0.05, 0.1) is 0 Å². The molecular formula is C22H18O3. The molecule has 0 fully saturated rings. The Morgan fingerprint density at radius 1 is 0.640 bits per heavy atom. The fraction of sp³-hybridized carbons (Fsp3) is 0.0909. The number of Topliss-reactive ketones (excluding diaryl/α,β-unsaturated/α-hetero) is 2. The molecule has 0 amide bonds. The van der Waals surface area contributed by atoms with Crippen molar-refractivity contribution in [3.63, 3.8) is 0 Å². The average molecular weight is 330 g/mol. The SMILES string of the molecule is O=C(CO)C(=O)C(c1ccccc1)(c1ccccc1)c1ccccc1. The Kier molecular flexibility index (Phi) is 4.87. The van der Waals surface area contributed by atoms with Crippen molar-refractivity contribution in [3.8, 4) is 0 Å². The number of carbonyl (C=O) groups is 2. The standard InChI is InChI=1S/C22H18O3/c23-16-20(24)21(25)22(17-10-4-1-5-11-17,18-12-6-2-7-13-18)19-14-8-3-9-15-19/h1-15,23H,16H2. The normalized spacial score (nSPS) is 11.1. The number of ketones is 2. The third kappa shape index (κ3) is 2.90. The number of hydrogen-bond acceptors (Lipinski definition) is 3. The molecule has 3 aromatic carbocycles. The van der Waals surface area contributed by atoms with E-state index >= 15 is 0 Å². The molecule has 124 valence electrons. The average Bonchev–Trinajstić information content (AvgIpc) is 2.70. The zero-order valence-electron chi connectivity index (χ0n) is 13.6. The fourth-order valence-electron chi connectivity index (χ4n) is 3.24. The summed E-state index contributed by atoms with van der Waals surface area (Å²) < 4.78 is 0. The Morgan fingerprint density at radius 3 is 1.24 bits per heavy atom. The maximum Gasteiger partial charge on any atom is 0.225 e. The van der Waals surface area contributed by atoms with E-state index in [-0.39, 0.29) is 0 Å². The predicted octanol–water partition coefficient (Wildman–Crippen LogP) is 3.15. The molecule has 0 saturated carbocycles. The summed E-state index contributed by atoms with van der Waals surface area (Å²) in [5, 5.41) is 9.34. The lowest BCUT2D eigenvalue weighted by Gasteiger charge is -2.33. The quantitative estimate of drug-likeness (QED) is 0.558. The van der Waals surface area contributed by atoms with E-state index in [0.717, 1.165) is 0 Å². The highest BCUT2D eigenvalue weighted by Crippen LogP contribution is 2.40. The summed E-state index contributed by atoms with van der Waals surface area (Å²) >= 11 is 0. The molecule has 0 heterocycles. The molecule has 0 saturated heterocycles. The van der Waals surface area contributed by atoms with Gasteiger partial charge in [-0.2, -0.15) is 0 Å². The summed E-state index contributed by atoms with van der Waals surface area (Å²) in [5.74, 6) is -1.45. The van der Waals surface area contributed by atoms with Crippen molar-refractivity contribution >= 4 is 11.6 Å². The van der Waals surface area contributed by atoms with Crippen molar-refractivity contribution < 1.29 is 14.7 Å². The van der Waals surface area contributed by atoms with Gasteiger partial charge in [0.2, 0.25) is 11.6 Å². The number of carbonyl (C=O) groups excluding carboxylic acids is 2. The first-order chi connectivity index (χ1) is 12.2. The predicted molar refractivity (Wildman–Crippen MR) is 96.3 cm³/mol. The van der Waals surface area contributed by atoms with E-state index in [1.807, 2.05) is 91.0 Å². The highest BCUT2D eigenvalue weighted by Gasteiger charge is 2.46. The van der Waals surface area contributed by atoms with Crippen LogP contribution >= 0.6 is 0 Å². The van der Waals surface area contributed by atoms with Crippen LogP contribution in [-0.2, 0) is 15.0 Å². The van der Waals surface area contributed by atoms with Crippen LogP contribution in [0, 0.1) is 0 Å². The molecule has 25 heavy (non-hydrogen) atoms. The van der Waals surface area contributed by atoms with Crippen molar-refractivity contribution in [3.05, 3.63) is 108 Å². The van der Waals surface area contributed by atoms with Gasteiger partial charge in [-0.25, -0.2) is 0 Å². The minimum atomic E-state index is -1.29. The van der Waals surface area contributed by atoms with Gasteiger partial charge in [0, 0.05) is 0 Å². The number of benzene rings is 3. The molecule has 1 N–H and O–H groups in total. The molecule has 0 bridgehead atoms. The molecule has 3 nitrogen and oxygen atoms in total. The third-order valence-corrected chi connectivity index (χ3v) is 4.36. The Morgan fingerprint density at radius 2 is 0.960 bits per heavy atom. The molecule has 0 spiro atoms. The van der Waals surface area contributed by atoms with Crippen molar-refractivity contribution in [2.24, 2.45) is 0 Å². The Hall–Kier alpha value is -3.04. The number of aliphatic hydroxyl groups is 1. The van der Waals surface area contributed by atoms with Crippen LogP contribution in [0.4, 0.5) is 0 Å². The van der Waals surface area contributed by atoms with Crippen LogP contribution in [0.25, 0.3) is 0 Å². The van der Waals surface area contributed by atoms with Crippen LogP contribution in [0.2, 0.25) is 0 Å². The lowest BCUT2D eigenvalue weighted by atomic mass is 9.66. The fourth-order valence-corrected chi connectivity index (χ4v) is 3.24. The van der Waals surface area contributed by atoms with Gasteiger partial charge in [-0.05, 0) is 16.7 Å². The molecule has 3 aromatic rings. The summed E-state index contributed by atoms with van der Waals surface area (Å²) in [4.78, 5) is 25.6. The number of hydrogen-bond donors (Lipinski definition) is 1. The molecule has 0 aliphatic rings. The molecule has 0 aromatic heterocycles. The number of rotatable bonds is 6. The highest BCUT2D eigenvalue weighted by atomic mass is 16.3. The van der Waals surface area contributed by atoms with Crippen molar-refractivity contribution in [1.29, 1.82) is 0 Å². The zero-order chi connectivity index (χ0) is 17.7. The van der Waals surface area contributed by atoms with Crippen LogP contribution < -0.4 is 0 Å². The van der Waals surface area contributed by atoms with Gasteiger partial charge < -0.3 is 5.11 Å². The molecule has 0 aliphatic heterocycles. The minimum absolute atomic E-state index is 0.640. The van der Waals surface area contributed by atoms with E-state index in [4.69, 9.17) is 0 Å². The molecule has 0 unspecified atom stereocenters. The van der Waals surface area contributed by atoms with Gasteiger partial charge in [0.25, 0.3) is 0 Å². The second kappa shape index (κ2) is 7.24. The van der Waals surface area contributed by atoms with Crippen LogP contribution in [0.5, 0.6) is 0 Å². The van der Waals surface area contributed by atoms with E-state index in [1.165, 1.54) is 0 Å². The second-order valence-corrected chi connectivity index (χ2v) is 5.76. The summed E-state index contributed by atoms with van der Waals surface area (Å²) in [6.45, 7) is -0.812. The first-order valence-electron chi connectivity index (χ1n) is 8.06. The second-order valence-electron chi connectivity index (χ2n) is 5.76. The highest BCUT2D eigenvalue weighted by molar-refractivity contribution is 6.42. The maximum absolute atomic E-state index is 13.3. The van der Waals surface area contributed by atoms with E-state index in [2.05, 4.69) is 0 Å². The molecule has 0 radical (unpaired) electrons. The van der Waals surface area contributed by atoms with Crippen LogP contribution in [-0.4, -0.2) is 23.3 Å². The van der Waals surface area contributed by atoms with Crippen molar-refractivity contribution in [2.75, 3.05) is 6.61 Å². The summed E-state index contributed by atoms with van der Waals surface area (Å²) in [7, 11) is 0. The Labute approximate surface area is 146 Å². The Balaban J connectivity index is 2.40. The van der Waals surface area contributed by atoms with Gasteiger partial charge in [-0.1, -0.05) is 91.0 Å². The molecular weight excluding hydrogens is 312 g/mol. The van der Waals surface area contributed by atoms with Crippen LogP contribution in [0.3, 0.4) is 0 Å². The first kappa shape index (κ1) is 16.8. The lowest BCUT2D eigenvalue weighted by molar-refractivity contribution is -0.140. The monoisotopic (exact) mass is 330 g/mol. The zero-order valence-corrected chi connectivity index (χ0v) is 13.6. The molecule has 3 heteroatoms. The topological polar surface area (TPSA) is 54.4 Å². The van der Waals surface area contributed by atoms with Crippen LogP contribution in [0.15, 0.2) is 91.0 Å². The third-order valence-electron chi connectivity index (χ3n) is 4.36. The minimum Gasteiger partial charge on any atom is -0.388 e. The summed E-state index contributed by atoms with van der Waals surface area (Å²) in [6.07, 6.45) is 0. The molecule has 0 aliphatic carbocycles. The largest absolute Gasteiger partial charge is 0.388 e. The Bertz CT molecular complexity index is 759. The molecule has 0 atom stereocenters. The van der Waals surface area contributed by atoms with Crippen LogP contribution in [0.1, 0.15) is 16.7 Å². The van der Waals surface area contributed by atoms with Gasteiger partial charge in [-0.3, -0.25) is 9.59 Å². The summed E-state index contributed by atoms with van der Waals surface area (Å²) in [5.41, 5.74) is 0.793. The van der Waals surface area contributed by atoms with Gasteiger partial charge in [0.1, 0.15) is 12.0 Å². The van der Waals surface area contributed by atoms with E-state index in [0.29, 0.717) is 16.7 Å². The maximum atomic E-state index is 13.3. The van der Waals surface area contributed by atoms with E-state index < -0.39 is 23.6 Å². The molecule has 3 rings (SSSR count). The smallest absolute Gasteiger partial charge is 0.225 e. The van der Waals surface area contributed by atoms with Gasteiger partial charge >= 0.3 is 0 Å². The summed E-state index contributed by atoms with van der Waals surface area (Å²) in [6, 6.07) is 27.6. The first-order valence-corrected chi connectivity index (χ1v) is 8.06. The number of aliphatic hydroxyl groups excluding tert-OH is 1. The van der Waals surface area contributed by atoms with Crippen molar-refractivity contribution in [2.45, 2.75) is 5.41 Å².